The average molecular weight is 187 g/mol. The number of benzene rings is 1. The van der Waals surface area contributed by atoms with Crippen LogP contribution in [-0.4, -0.2) is 25.0 Å². The lowest BCUT2D eigenvalue weighted by Crippen LogP contribution is -2.18. The maximum Gasteiger partial charge on any atom is 0.00506 e. The summed E-state index contributed by atoms with van der Waals surface area (Å²) in [6, 6.07) is 9.02. The maximum absolute atomic E-state index is 2.48. The first-order valence-electron chi connectivity index (χ1n) is 5.61. The highest BCUT2D eigenvalue weighted by Gasteiger charge is 2.35. The van der Waals surface area contributed by atoms with Gasteiger partial charge in [-0.2, -0.15) is 0 Å². The second-order valence-electron chi connectivity index (χ2n) is 4.83. The molecular formula is C13H17N. The Balaban J connectivity index is 2.01. The maximum atomic E-state index is 2.48. The lowest BCUT2D eigenvalue weighted by atomic mass is 9.77. The van der Waals surface area contributed by atoms with Gasteiger partial charge in [0.25, 0.3) is 0 Å². The topological polar surface area (TPSA) is 3.24 Å². The quantitative estimate of drug-likeness (QED) is 0.602. The van der Waals surface area contributed by atoms with Crippen molar-refractivity contribution in [3.8, 4) is 0 Å². The van der Waals surface area contributed by atoms with Gasteiger partial charge in [-0.3, -0.25) is 0 Å². The van der Waals surface area contributed by atoms with E-state index in [1.165, 1.54) is 25.9 Å². The van der Waals surface area contributed by atoms with Crippen LogP contribution < -0.4 is 0 Å². The van der Waals surface area contributed by atoms with E-state index in [0.29, 0.717) is 0 Å². The number of hydrogen-bond donors (Lipinski definition) is 0. The summed E-state index contributed by atoms with van der Waals surface area (Å²) in [5.41, 5.74) is 3.23. The van der Waals surface area contributed by atoms with Crippen LogP contribution >= 0.6 is 0 Å². The Kier molecular flexibility index (Phi) is 1.88. The molecule has 14 heavy (non-hydrogen) atoms. The van der Waals surface area contributed by atoms with E-state index < -0.39 is 0 Å². The third-order valence-electron chi connectivity index (χ3n) is 3.86. The van der Waals surface area contributed by atoms with Crippen LogP contribution in [0.1, 0.15) is 23.5 Å². The summed E-state index contributed by atoms with van der Waals surface area (Å²) in [7, 11) is 2.25. The number of fused-ring (bicyclic) bond motifs is 3. The van der Waals surface area contributed by atoms with Gasteiger partial charge in [0.2, 0.25) is 0 Å². The van der Waals surface area contributed by atoms with E-state index >= 15 is 0 Å². The summed E-state index contributed by atoms with van der Waals surface area (Å²) in [5, 5.41) is 0. The summed E-state index contributed by atoms with van der Waals surface area (Å²) < 4.78 is 0. The summed E-state index contributed by atoms with van der Waals surface area (Å²) in [6.45, 7) is 2.57. The van der Waals surface area contributed by atoms with Gasteiger partial charge < -0.3 is 4.90 Å². The smallest absolute Gasteiger partial charge is 0.00506 e. The number of rotatable bonds is 0. The zero-order valence-electron chi connectivity index (χ0n) is 8.74. The number of nitrogens with zero attached hydrogens (tertiary/aromatic N) is 1. The fraction of sp³-hybridized carbons (Fsp3) is 0.538. The fourth-order valence-corrected chi connectivity index (χ4v) is 3.20. The molecule has 1 fully saturated rings. The molecule has 74 valence electrons. The molecule has 1 aromatic rings. The highest BCUT2D eigenvalue weighted by Crippen LogP contribution is 2.40. The van der Waals surface area contributed by atoms with E-state index in [1.807, 2.05) is 0 Å². The molecule has 0 saturated carbocycles. The zero-order valence-corrected chi connectivity index (χ0v) is 8.74. The van der Waals surface area contributed by atoms with Crippen molar-refractivity contribution >= 4 is 0 Å². The molecule has 3 rings (SSSR count). The minimum atomic E-state index is 0.824. The van der Waals surface area contributed by atoms with E-state index in [-0.39, 0.29) is 0 Å². The third-order valence-corrected chi connectivity index (χ3v) is 3.86. The summed E-state index contributed by atoms with van der Waals surface area (Å²) in [5.74, 6) is 1.75. The fourth-order valence-electron chi connectivity index (χ4n) is 3.20. The largest absolute Gasteiger partial charge is 0.305 e. The van der Waals surface area contributed by atoms with Crippen molar-refractivity contribution in [3.63, 3.8) is 0 Å². The standard InChI is InChI=1S/C13H17N/c1-14-8-11-7-6-10-4-2-3-5-12(10)13(11)9-14/h2-5,11,13H,6-9H2,1H3/t11-,13+/m0/s1. The minimum absolute atomic E-state index is 0.824. The third kappa shape index (κ3) is 1.19. The van der Waals surface area contributed by atoms with Crippen molar-refractivity contribution < 1.29 is 0 Å². The van der Waals surface area contributed by atoms with Gasteiger partial charge in [-0.05, 0) is 36.9 Å². The first kappa shape index (κ1) is 8.49. The molecule has 2 atom stereocenters. The molecular weight excluding hydrogens is 170 g/mol. The van der Waals surface area contributed by atoms with Crippen LogP contribution in [0, 0.1) is 5.92 Å². The van der Waals surface area contributed by atoms with E-state index in [1.54, 1.807) is 11.1 Å². The molecule has 2 aliphatic rings. The van der Waals surface area contributed by atoms with Crippen molar-refractivity contribution in [1.82, 2.24) is 4.90 Å². The van der Waals surface area contributed by atoms with Gasteiger partial charge in [-0.15, -0.1) is 0 Å². The highest BCUT2D eigenvalue weighted by atomic mass is 15.1. The zero-order chi connectivity index (χ0) is 9.54. The van der Waals surface area contributed by atoms with Crippen molar-refractivity contribution in [1.29, 1.82) is 0 Å². The van der Waals surface area contributed by atoms with Crippen LogP contribution in [0.2, 0.25) is 0 Å². The summed E-state index contributed by atoms with van der Waals surface area (Å²) in [4.78, 5) is 2.48. The van der Waals surface area contributed by atoms with Gasteiger partial charge in [0, 0.05) is 19.0 Å². The average Bonchev–Trinajstić information content (AvgIpc) is 2.59. The molecule has 1 heterocycles. The number of aryl methyl sites for hydroxylation is 1. The SMILES string of the molecule is CN1C[C@@H]2CCc3ccccc3[C@@H]2C1. The first-order chi connectivity index (χ1) is 6.84. The van der Waals surface area contributed by atoms with Crippen molar-refractivity contribution in [2.75, 3.05) is 20.1 Å². The van der Waals surface area contributed by atoms with Crippen LogP contribution in [0.3, 0.4) is 0 Å². The van der Waals surface area contributed by atoms with Crippen LogP contribution in [0.15, 0.2) is 24.3 Å². The lowest BCUT2D eigenvalue weighted by molar-refractivity contribution is 0.387. The van der Waals surface area contributed by atoms with E-state index in [0.717, 1.165) is 11.8 Å². The van der Waals surface area contributed by atoms with Crippen molar-refractivity contribution in [2.24, 2.45) is 5.92 Å². The summed E-state index contributed by atoms with van der Waals surface area (Å²) in [6.07, 6.45) is 2.69. The van der Waals surface area contributed by atoms with Crippen molar-refractivity contribution in [3.05, 3.63) is 35.4 Å². The van der Waals surface area contributed by atoms with Crippen LogP contribution in [-0.2, 0) is 6.42 Å². The van der Waals surface area contributed by atoms with Crippen LogP contribution in [0.5, 0.6) is 0 Å². The molecule has 0 unspecified atom stereocenters. The van der Waals surface area contributed by atoms with Gasteiger partial charge in [0.05, 0.1) is 0 Å². The molecule has 1 aliphatic carbocycles. The predicted octanol–water partition coefficient (Wildman–Crippen LogP) is 2.28. The molecule has 1 aliphatic heterocycles. The molecule has 0 radical (unpaired) electrons. The Bertz CT molecular complexity index is 345. The lowest BCUT2D eigenvalue weighted by Gasteiger charge is -2.27. The monoisotopic (exact) mass is 187 g/mol. The summed E-state index contributed by atoms with van der Waals surface area (Å²) >= 11 is 0. The molecule has 1 nitrogen and oxygen atoms in total. The Morgan fingerprint density at radius 3 is 3.00 bits per heavy atom. The molecule has 0 spiro atoms. The molecule has 1 saturated heterocycles. The number of likely N-dealkylation sites (tertiary alicyclic amines) is 1. The van der Waals surface area contributed by atoms with E-state index in [9.17, 15) is 0 Å². The Morgan fingerprint density at radius 2 is 2.07 bits per heavy atom. The van der Waals surface area contributed by atoms with Gasteiger partial charge in [0.15, 0.2) is 0 Å². The van der Waals surface area contributed by atoms with Crippen LogP contribution in [0.25, 0.3) is 0 Å². The van der Waals surface area contributed by atoms with E-state index in [4.69, 9.17) is 0 Å². The Labute approximate surface area is 85.7 Å². The molecule has 0 N–H and O–H groups in total. The number of hydrogen-bond acceptors (Lipinski definition) is 1. The minimum Gasteiger partial charge on any atom is -0.305 e. The van der Waals surface area contributed by atoms with Gasteiger partial charge in [0.1, 0.15) is 0 Å². The second kappa shape index (κ2) is 3.09. The normalized spacial score (nSPS) is 31.2. The number of likely N-dealkylation sites (N-methyl/N-ethyl adjacent to an activating group) is 1. The molecule has 0 amide bonds. The Hall–Kier alpha value is -0.820. The van der Waals surface area contributed by atoms with E-state index in [2.05, 4.69) is 36.2 Å². The van der Waals surface area contributed by atoms with Gasteiger partial charge in [-0.1, -0.05) is 24.3 Å². The predicted molar refractivity (Wildman–Crippen MR) is 58.5 cm³/mol. The van der Waals surface area contributed by atoms with Gasteiger partial charge >= 0.3 is 0 Å². The Morgan fingerprint density at radius 1 is 1.21 bits per heavy atom. The van der Waals surface area contributed by atoms with Gasteiger partial charge in [-0.25, -0.2) is 0 Å². The second-order valence-corrected chi connectivity index (χ2v) is 4.83. The van der Waals surface area contributed by atoms with Crippen LogP contribution in [0.4, 0.5) is 0 Å². The molecule has 0 bridgehead atoms. The van der Waals surface area contributed by atoms with Crippen molar-refractivity contribution in [2.45, 2.75) is 18.8 Å². The first-order valence-corrected chi connectivity index (χ1v) is 5.61. The molecule has 1 aromatic carbocycles. The molecule has 1 heteroatoms. The highest BCUT2D eigenvalue weighted by molar-refractivity contribution is 5.34. The molecule has 0 aromatic heterocycles.